The number of anilines is 1. The largest absolute Gasteiger partial charge is 0.491 e. The second-order valence-corrected chi connectivity index (χ2v) is 7.54. The van der Waals surface area contributed by atoms with Crippen LogP contribution in [-0.4, -0.2) is 78.3 Å². The van der Waals surface area contributed by atoms with E-state index in [1.165, 1.54) is 17.2 Å². The molecule has 4 rings (SSSR count). The highest BCUT2D eigenvalue weighted by Gasteiger charge is 2.47. The average molecular weight is 444 g/mol. The van der Waals surface area contributed by atoms with E-state index in [1.54, 1.807) is 6.07 Å². The minimum absolute atomic E-state index is 0.0365. The van der Waals surface area contributed by atoms with Gasteiger partial charge in [0.25, 0.3) is 5.91 Å². The van der Waals surface area contributed by atoms with E-state index < -0.39 is 36.6 Å². The molecule has 1 fully saturated rings. The monoisotopic (exact) mass is 444 g/mol. The number of nitrogens with one attached hydrogen (secondary N) is 1. The van der Waals surface area contributed by atoms with Crippen molar-refractivity contribution >= 4 is 22.9 Å². The summed E-state index contributed by atoms with van der Waals surface area (Å²) in [6.07, 6.45) is -3.82. The van der Waals surface area contributed by atoms with Crippen LogP contribution in [0.2, 0.25) is 0 Å². The van der Waals surface area contributed by atoms with Crippen LogP contribution in [0.15, 0.2) is 36.9 Å². The molecule has 0 saturated carbocycles. The molecule has 1 aromatic carbocycles. The number of carbonyl (C=O) groups excluding carboxylic acids is 1. The molecule has 1 saturated heterocycles. The average Bonchev–Trinajstić information content (AvgIpc) is 3.33. The van der Waals surface area contributed by atoms with Gasteiger partial charge in [-0.2, -0.15) is 0 Å². The molecule has 0 bridgehead atoms. The highest BCUT2D eigenvalue weighted by Crippen LogP contribution is 2.32. The van der Waals surface area contributed by atoms with Crippen LogP contribution in [0.3, 0.4) is 0 Å². The fraction of sp³-hybridized carbons (Fsp3) is 0.400. The number of hydrogen-bond acceptors (Lipinski definition) is 10. The number of aliphatic hydroxyl groups is 3. The van der Waals surface area contributed by atoms with E-state index in [9.17, 15) is 20.1 Å². The van der Waals surface area contributed by atoms with Crippen molar-refractivity contribution in [3.8, 4) is 5.75 Å². The maximum Gasteiger partial charge on any atom is 0.252 e. The number of aliphatic hydroxyl groups excluding tert-OH is 3. The zero-order valence-electron chi connectivity index (χ0n) is 17.2. The molecule has 32 heavy (non-hydrogen) atoms. The van der Waals surface area contributed by atoms with Crippen molar-refractivity contribution in [3.63, 3.8) is 0 Å². The Balaban J connectivity index is 1.35. The molecule has 170 valence electrons. The Kier molecular flexibility index (Phi) is 6.19. The number of amides is 1. The maximum atomic E-state index is 12.5. The number of nitrogen functional groups attached to an aromatic ring is 1. The van der Waals surface area contributed by atoms with E-state index >= 15 is 0 Å². The summed E-state index contributed by atoms with van der Waals surface area (Å²) in [5.41, 5.74) is 7.38. The van der Waals surface area contributed by atoms with Crippen LogP contribution in [-0.2, 0) is 9.53 Å². The summed E-state index contributed by atoms with van der Waals surface area (Å²) in [7, 11) is 0. The molecule has 1 amide bonds. The lowest BCUT2D eigenvalue weighted by molar-refractivity contribution is -0.138. The highest BCUT2D eigenvalue weighted by atomic mass is 16.6. The molecule has 3 aromatic rings. The summed E-state index contributed by atoms with van der Waals surface area (Å²) in [6.45, 7) is 1.76. The summed E-state index contributed by atoms with van der Waals surface area (Å²) in [6, 6.07) is 7.35. The van der Waals surface area contributed by atoms with Crippen LogP contribution in [0, 0.1) is 6.92 Å². The van der Waals surface area contributed by atoms with Gasteiger partial charge >= 0.3 is 0 Å². The Morgan fingerprint density at radius 3 is 2.91 bits per heavy atom. The van der Waals surface area contributed by atoms with Gasteiger partial charge in [-0.25, -0.2) is 15.0 Å². The van der Waals surface area contributed by atoms with Crippen molar-refractivity contribution in [2.75, 3.05) is 18.9 Å². The first kappa shape index (κ1) is 21.9. The van der Waals surface area contributed by atoms with Crippen LogP contribution >= 0.6 is 0 Å². The molecule has 3 heterocycles. The van der Waals surface area contributed by atoms with E-state index in [2.05, 4.69) is 20.3 Å². The van der Waals surface area contributed by atoms with Gasteiger partial charge in [0, 0.05) is 6.54 Å². The Morgan fingerprint density at radius 1 is 1.31 bits per heavy atom. The molecule has 0 spiro atoms. The van der Waals surface area contributed by atoms with E-state index in [1.807, 2.05) is 25.1 Å². The number of hydrogen-bond donors (Lipinski definition) is 5. The zero-order chi connectivity index (χ0) is 22.8. The van der Waals surface area contributed by atoms with Gasteiger partial charge in [-0.3, -0.25) is 9.36 Å². The van der Waals surface area contributed by atoms with Gasteiger partial charge < -0.3 is 35.8 Å². The van der Waals surface area contributed by atoms with E-state index in [4.69, 9.17) is 15.2 Å². The number of aryl methyl sites for hydroxylation is 1. The Hall–Kier alpha value is -3.32. The number of fused-ring (bicyclic) bond motifs is 1. The fourth-order valence-corrected chi connectivity index (χ4v) is 3.44. The van der Waals surface area contributed by atoms with Crippen LogP contribution in [0.1, 0.15) is 11.8 Å². The molecule has 5 atom stereocenters. The van der Waals surface area contributed by atoms with Gasteiger partial charge in [0.2, 0.25) is 0 Å². The minimum Gasteiger partial charge on any atom is -0.491 e. The van der Waals surface area contributed by atoms with Crippen LogP contribution in [0.25, 0.3) is 11.2 Å². The SMILES string of the molecule is Cc1cccc(OCC(O)CNC(=O)[C@H]2O[C@@H](n3cnc4c(N)ncnc43)[C@H](O)[C@@H]2O)c1. The third-order valence-corrected chi connectivity index (χ3v) is 5.10. The molecule has 6 N–H and O–H groups in total. The quantitative estimate of drug-likeness (QED) is 0.300. The van der Waals surface area contributed by atoms with Crippen molar-refractivity contribution in [2.24, 2.45) is 0 Å². The number of aromatic nitrogens is 4. The predicted octanol–water partition coefficient (Wildman–Crippen LogP) is -1.11. The smallest absolute Gasteiger partial charge is 0.252 e. The summed E-state index contributed by atoms with van der Waals surface area (Å²) in [5.74, 6) is 0.0676. The Labute approximate surface area is 182 Å². The van der Waals surface area contributed by atoms with Gasteiger partial charge in [0.15, 0.2) is 23.8 Å². The fourth-order valence-electron chi connectivity index (χ4n) is 3.44. The molecule has 0 radical (unpaired) electrons. The molecule has 12 heteroatoms. The molecule has 0 aliphatic carbocycles. The molecular weight excluding hydrogens is 420 g/mol. The summed E-state index contributed by atoms with van der Waals surface area (Å²) >= 11 is 0. The Bertz CT molecular complexity index is 1110. The standard InChI is InChI=1S/C20H24N6O6/c1-10-3-2-4-12(5-10)31-7-11(27)6-22-19(30)16-14(28)15(29)20(32-16)26-9-25-13-17(21)23-8-24-18(13)26/h2-5,8-9,11,14-16,20,27-29H,6-7H2,1H3,(H,22,30)(H2,21,23,24)/t11?,14-,15+,16-,20+/m0/s1. The first-order chi connectivity index (χ1) is 15.3. The number of rotatable bonds is 7. The number of ether oxygens (including phenoxy) is 2. The lowest BCUT2D eigenvalue weighted by Gasteiger charge is -2.17. The van der Waals surface area contributed by atoms with Crippen molar-refractivity contribution < 1.29 is 29.6 Å². The summed E-state index contributed by atoms with van der Waals surface area (Å²) in [5, 5.41) is 33.4. The second-order valence-electron chi connectivity index (χ2n) is 7.54. The number of nitrogens with zero attached hydrogens (tertiary/aromatic N) is 4. The van der Waals surface area contributed by atoms with Gasteiger partial charge in [-0.1, -0.05) is 12.1 Å². The normalized spacial score (nSPS) is 23.9. The minimum atomic E-state index is -1.50. The third kappa shape index (κ3) is 4.34. The Morgan fingerprint density at radius 2 is 2.12 bits per heavy atom. The maximum absolute atomic E-state index is 12.5. The van der Waals surface area contributed by atoms with Crippen molar-refractivity contribution in [2.45, 2.75) is 37.6 Å². The van der Waals surface area contributed by atoms with Gasteiger partial charge in [0.05, 0.1) is 6.33 Å². The van der Waals surface area contributed by atoms with E-state index in [-0.39, 0.29) is 19.0 Å². The van der Waals surface area contributed by atoms with Crippen molar-refractivity contribution in [1.29, 1.82) is 0 Å². The number of nitrogens with two attached hydrogens (primary N) is 1. The summed E-state index contributed by atoms with van der Waals surface area (Å²) in [4.78, 5) is 24.5. The van der Waals surface area contributed by atoms with E-state index in [0.717, 1.165) is 5.56 Å². The highest BCUT2D eigenvalue weighted by molar-refractivity contribution is 5.82. The molecular formula is C20H24N6O6. The van der Waals surface area contributed by atoms with Crippen LogP contribution in [0.5, 0.6) is 5.75 Å². The van der Waals surface area contributed by atoms with Gasteiger partial charge in [-0.05, 0) is 24.6 Å². The second kappa shape index (κ2) is 9.04. The molecule has 1 aliphatic rings. The topological polar surface area (TPSA) is 178 Å². The lowest BCUT2D eigenvalue weighted by atomic mass is 10.1. The van der Waals surface area contributed by atoms with E-state index in [0.29, 0.717) is 16.9 Å². The van der Waals surface area contributed by atoms with Crippen molar-refractivity contribution in [3.05, 3.63) is 42.5 Å². The van der Waals surface area contributed by atoms with Crippen molar-refractivity contribution in [1.82, 2.24) is 24.8 Å². The predicted molar refractivity (Wildman–Crippen MR) is 111 cm³/mol. The summed E-state index contributed by atoms with van der Waals surface area (Å²) < 4.78 is 12.5. The van der Waals surface area contributed by atoms with Gasteiger partial charge in [-0.15, -0.1) is 0 Å². The number of imidazole rings is 1. The first-order valence-corrected chi connectivity index (χ1v) is 9.95. The zero-order valence-corrected chi connectivity index (χ0v) is 17.2. The van der Waals surface area contributed by atoms with Crippen LogP contribution < -0.4 is 15.8 Å². The van der Waals surface area contributed by atoms with Gasteiger partial charge in [0.1, 0.15) is 42.5 Å². The first-order valence-electron chi connectivity index (χ1n) is 9.95. The third-order valence-electron chi connectivity index (χ3n) is 5.10. The molecule has 2 aromatic heterocycles. The number of carbonyl (C=O) groups is 1. The number of benzene rings is 1. The molecule has 1 unspecified atom stereocenters. The molecule has 1 aliphatic heterocycles. The van der Waals surface area contributed by atoms with Crippen LogP contribution in [0.4, 0.5) is 5.82 Å². The molecule has 12 nitrogen and oxygen atoms in total. The lowest BCUT2D eigenvalue weighted by Crippen LogP contribution is -2.45.